The molecule has 0 saturated carbocycles. The number of halogens is 1. The molecule has 3 nitrogen and oxygen atoms in total. The van der Waals surface area contributed by atoms with Gasteiger partial charge in [0.2, 0.25) is 0 Å². The van der Waals surface area contributed by atoms with Gasteiger partial charge in [0, 0.05) is 4.47 Å². The fourth-order valence-electron chi connectivity index (χ4n) is 1.61. The maximum absolute atomic E-state index is 9.08. The molecule has 0 unspecified atom stereocenters. The quantitative estimate of drug-likeness (QED) is 0.929. The SMILES string of the molecule is COc1ccccc1Nc1cc(Br)ccc1C#N. The molecule has 0 heterocycles. The number of nitriles is 1. The summed E-state index contributed by atoms with van der Waals surface area (Å²) in [5, 5.41) is 12.3. The van der Waals surface area contributed by atoms with Crippen LogP contribution in [0.15, 0.2) is 46.9 Å². The highest BCUT2D eigenvalue weighted by atomic mass is 79.9. The van der Waals surface area contributed by atoms with E-state index in [0.717, 1.165) is 21.6 Å². The number of para-hydroxylation sites is 2. The van der Waals surface area contributed by atoms with Crippen molar-refractivity contribution < 1.29 is 4.74 Å². The first-order valence-corrected chi connectivity index (χ1v) is 6.13. The summed E-state index contributed by atoms with van der Waals surface area (Å²) in [5.41, 5.74) is 2.16. The van der Waals surface area contributed by atoms with Gasteiger partial charge in [0.1, 0.15) is 11.8 Å². The molecule has 0 fully saturated rings. The molecule has 0 aliphatic rings. The smallest absolute Gasteiger partial charge is 0.142 e. The number of hydrogen-bond donors (Lipinski definition) is 1. The molecule has 4 heteroatoms. The van der Waals surface area contributed by atoms with Crippen LogP contribution in [0.4, 0.5) is 11.4 Å². The van der Waals surface area contributed by atoms with Crippen molar-refractivity contribution in [2.75, 3.05) is 12.4 Å². The van der Waals surface area contributed by atoms with Gasteiger partial charge in [0.15, 0.2) is 0 Å². The molecule has 0 aliphatic heterocycles. The van der Waals surface area contributed by atoms with Crippen LogP contribution < -0.4 is 10.1 Å². The molecule has 0 bridgehead atoms. The third-order valence-corrected chi connectivity index (χ3v) is 2.97. The Hall–Kier alpha value is -1.99. The number of ether oxygens (including phenoxy) is 1. The summed E-state index contributed by atoms with van der Waals surface area (Å²) in [5.74, 6) is 0.737. The standard InChI is InChI=1S/C14H11BrN2O/c1-18-14-5-3-2-4-12(14)17-13-8-11(15)7-6-10(13)9-16/h2-8,17H,1H3. The Kier molecular flexibility index (Phi) is 3.85. The molecule has 0 amide bonds. The maximum Gasteiger partial charge on any atom is 0.142 e. The van der Waals surface area contributed by atoms with Gasteiger partial charge in [-0.25, -0.2) is 0 Å². The van der Waals surface area contributed by atoms with Crippen LogP contribution in [0, 0.1) is 11.3 Å². The summed E-state index contributed by atoms with van der Waals surface area (Å²) < 4.78 is 6.18. The largest absolute Gasteiger partial charge is 0.495 e. The van der Waals surface area contributed by atoms with Gasteiger partial charge in [-0.15, -0.1) is 0 Å². The summed E-state index contributed by atoms with van der Waals surface area (Å²) in [6, 6.07) is 15.2. The van der Waals surface area contributed by atoms with Crippen LogP contribution in [0.5, 0.6) is 5.75 Å². The maximum atomic E-state index is 9.08. The minimum atomic E-state index is 0.587. The Morgan fingerprint density at radius 1 is 1.17 bits per heavy atom. The minimum absolute atomic E-state index is 0.587. The van der Waals surface area contributed by atoms with E-state index >= 15 is 0 Å². The van der Waals surface area contributed by atoms with E-state index in [1.54, 1.807) is 13.2 Å². The van der Waals surface area contributed by atoms with E-state index in [1.807, 2.05) is 36.4 Å². The molecule has 0 aliphatic carbocycles. The lowest BCUT2D eigenvalue weighted by Gasteiger charge is -2.12. The highest BCUT2D eigenvalue weighted by molar-refractivity contribution is 9.10. The van der Waals surface area contributed by atoms with Gasteiger partial charge in [-0.3, -0.25) is 0 Å². The van der Waals surface area contributed by atoms with Gasteiger partial charge in [-0.05, 0) is 30.3 Å². The van der Waals surface area contributed by atoms with Crippen molar-refractivity contribution in [2.45, 2.75) is 0 Å². The lowest BCUT2D eigenvalue weighted by molar-refractivity contribution is 0.417. The molecular weight excluding hydrogens is 292 g/mol. The van der Waals surface area contributed by atoms with Crippen LogP contribution in [0.25, 0.3) is 0 Å². The molecule has 0 aromatic heterocycles. The molecule has 2 aromatic rings. The highest BCUT2D eigenvalue weighted by Gasteiger charge is 2.06. The molecule has 2 aromatic carbocycles. The molecule has 90 valence electrons. The fourth-order valence-corrected chi connectivity index (χ4v) is 1.97. The van der Waals surface area contributed by atoms with E-state index in [0.29, 0.717) is 5.56 Å². The van der Waals surface area contributed by atoms with E-state index in [-0.39, 0.29) is 0 Å². The molecule has 2 rings (SSSR count). The average molecular weight is 303 g/mol. The van der Waals surface area contributed by atoms with Gasteiger partial charge in [-0.1, -0.05) is 28.1 Å². The molecule has 0 atom stereocenters. The lowest BCUT2D eigenvalue weighted by atomic mass is 10.2. The van der Waals surface area contributed by atoms with E-state index in [2.05, 4.69) is 27.3 Å². The molecule has 1 N–H and O–H groups in total. The van der Waals surface area contributed by atoms with Crippen LogP contribution in [-0.4, -0.2) is 7.11 Å². The minimum Gasteiger partial charge on any atom is -0.495 e. The van der Waals surface area contributed by atoms with Crippen LogP contribution in [-0.2, 0) is 0 Å². The second-order valence-electron chi connectivity index (χ2n) is 3.63. The van der Waals surface area contributed by atoms with Gasteiger partial charge < -0.3 is 10.1 Å². The normalized spacial score (nSPS) is 9.61. The van der Waals surface area contributed by atoms with Gasteiger partial charge in [0.25, 0.3) is 0 Å². The molecule has 0 spiro atoms. The van der Waals surface area contributed by atoms with Crippen LogP contribution in [0.1, 0.15) is 5.56 Å². The van der Waals surface area contributed by atoms with Crippen molar-refractivity contribution in [3.8, 4) is 11.8 Å². The first-order chi connectivity index (χ1) is 8.74. The van der Waals surface area contributed by atoms with Crippen LogP contribution in [0.3, 0.4) is 0 Å². The van der Waals surface area contributed by atoms with Gasteiger partial charge in [-0.2, -0.15) is 5.26 Å². The summed E-state index contributed by atoms with van der Waals surface area (Å²) >= 11 is 3.39. The van der Waals surface area contributed by atoms with E-state index in [9.17, 15) is 0 Å². The zero-order chi connectivity index (χ0) is 13.0. The first kappa shape index (κ1) is 12.5. The number of benzene rings is 2. The van der Waals surface area contributed by atoms with Crippen molar-refractivity contribution >= 4 is 27.3 Å². The second-order valence-corrected chi connectivity index (χ2v) is 4.54. The number of rotatable bonds is 3. The van der Waals surface area contributed by atoms with E-state index < -0.39 is 0 Å². The highest BCUT2D eigenvalue weighted by Crippen LogP contribution is 2.30. The van der Waals surface area contributed by atoms with Crippen molar-refractivity contribution in [1.82, 2.24) is 0 Å². The third-order valence-electron chi connectivity index (χ3n) is 2.48. The Morgan fingerprint density at radius 3 is 2.67 bits per heavy atom. The van der Waals surface area contributed by atoms with Gasteiger partial charge in [0.05, 0.1) is 24.0 Å². The predicted octanol–water partition coefficient (Wildman–Crippen LogP) is 4.07. The number of anilines is 2. The summed E-state index contributed by atoms with van der Waals surface area (Å²) in [6.45, 7) is 0. The molecular formula is C14H11BrN2O. The summed E-state index contributed by atoms with van der Waals surface area (Å²) in [6.07, 6.45) is 0. The van der Waals surface area contributed by atoms with E-state index in [4.69, 9.17) is 10.00 Å². The Morgan fingerprint density at radius 2 is 1.94 bits per heavy atom. The Balaban J connectivity index is 2.40. The molecule has 0 saturated heterocycles. The van der Waals surface area contributed by atoms with Gasteiger partial charge >= 0.3 is 0 Å². The van der Waals surface area contributed by atoms with Crippen molar-refractivity contribution in [3.05, 3.63) is 52.5 Å². The fraction of sp³-hybridized carbons (Fsp3) is 0.0714. The number of nitrogens with zero attached hydrogens (tertiary/aromatic N) is 1. The predicted molar refractivity (Wildman–Crippen MR) is 75.1 cm³/mol. The van der Waals surface area contributed by atoms with Crippen LogP contribution >= 0.6 is 15.9 Å². The molecule has 18 heavy (non-hydrogen) atoms. The van der Waals surface area contributed by atoms with Crippen LogP contribution in [0.2, 0.25) is 0 Å². The Labute approximate surface area is 114 Å². The molecule has 0 radical (unpaired) electrons. The Bertz CT molecular complexity index is 605. The zero-order valence-corrected chi connectivity index (χ0v) is 11.4. The average Bonchev–Trinajstić information content (AvgIpc) is 2.40. The van der Waals surface area contributed by atoms with Crippen molar-refractivity contribution in [3.63, 3.8) is 0 Å². The number of hydrogen-bond acceptors (Lipinski definition) is 3. The number of methoxy groups -OCH3 is 1. The second kappa shape index (κ2) is 5.56. The monoisotopic (exact) mass is 302 g/mol. The topological polar surface area (TPSA) is 45.0 Å². The third kappa shape index (κ3) is 2.63. The van der Waals surface area contributed by atoms with Crippen molar-refractivity contribution in [1.29, 1.82) is 5.26 Å². The summed E-state index contributed by atoms with van der Waals surface area (Å²) in [4.78, 5) is 0. The lowest BCUT2D eigenvalue weighted by Crippen LogP contribution is -1.96. The number of nitrogens with one attached hydrogen (secondary N) is 1. The van der Waals surface area contributed by atoms with Crippen molar-refractivity contribution in [2.24, 2.45) is 0 Å². The zero-order valence-electron chi connectivity index (χ0n) is 9.77. The first-order valence-electron chi connectivity index (χ1n) is 5.34. The van der Waals surface area contributed by atoms with E-state index in [1.165, 1.54) is 0 Å². The summed E-state index contributed by atoms with van der Waals surface area (Å²) in [7, 11) is 1.62.